The van der Waals surface area contributed by atoms with Crippen LogP contribution in [0.25, 0.3) is 0 Å². The van der Waals surface area contributed by atoms with E-state index in [0.717, 1.165) is 18.3 Å². The van der Waals surface area contributed by atoms with E-state index in [1.54, 1.807) is 0 Å². The molecule has 0 bridgehead atoms. The lowest BCUT2D eigenvalue weighted by molar-refractivity contribution is 0.217. The Kier molecular flexibility index (Phi) is 4.85. The number of nitrogens with one attached hydrogen (secondary N) is 1. The maximum atomic E-state index is 3.85. The molecule has 4 unspecified atom stereocenters. The third-order valence-electron chi connectivity index (χ3n) is 4.35. The van der Waals surface area contributed by atoms with Gasteiger partial charge >= 0.3 is 0 Å². The van der Waals surface area contributed by atoms with Crippen molar-refractivity contribution in [2.75, 3.05) is 0 Å². The Balaban J connectivity index is 1.92. The van der Waals surface area contributed by atoms with Crippen LogP contribution in [0.5, 0.6) is 0 Å². The van der Waals surface area contributed by atoms with E-state index in [1.807, 2.05) is 11.3 Å². The van der Waals surface area contributed by atoms with Gasteiger partial charge in [-0.3, -0.25) is 0 Å². The van der Waals surface area contributed by atoms with Crippen molar-refractivity contribution < 1.29 is 0 Å². The fourth-order valence-corrected chi connectivity index (χ4v) is 4.10. The molecule has 0 spiro atoms. The van der Waals surface area contributed by atoms with E-state index in [9.17, 15) is 0 Å². The average molecular weight is 265 g/mol. The summed E-state index contributed by atoms with van der Waals surface area (Å²) in [6.07, 6.45) is 5.28. The van der Waals surface area contributed by atoms with E-state index >= 15 is 0 Å². The predicted octanol–water partition coefficient (Wildman–Crippen LogP) is 4.79. The second-order valence-corrected chi connectivity index (χ2v) is 7.25. The van der Waals surface area contributed by atoms with Crippen molar-refractivity contribution in [3.8, 4) is 0 Å². The zero-order valence-corrected chi connectivity index (χ0v) is 13.0. The maximum absolute atomic E-state index is 3.85. The molecule has 102 valence electrons. The fraction of sp³-hybridized carbons (Fsp3) is 0.750. The first-order chi connectivity index (χ1) is 8.60. The molecule has 0 aliphatic heterocycles. The molecule has 1 fully saturated rings. The second-order valence-electron chi connectivity index (χ2n) is 6.05. The van der Waals surface area contributed by atoms with Crippen LogP contribution in [-0.4, -0.2) is 6.04 Å². The van der Waals surface area contributed by atoms with Crippen LogP contribution in [0.2, 0.25) is 0 Å². The van der Waals surface area contributed by atoms with E-state index in [-0.39, 0.29) is 0 Å². The van der Waals surface area contributed by atoms with E-state index < -0.39 is 0 Å². The maximum Gasteiger partial charge on any atom is 0.0388 e. The molecule has 1 N–H and O–H groups in total. The molecule has 1 aromatic rings. The first-order valence-corrected chi connectivity index (χ1v) is 8.26. The van der Waals surface area contributed by atoms with E-state index in [1.165, 1.54) is 29.0 Å². The lowest BCUT2D eigenvalue weighted by atomic mass is 9.79. The van der Waals surface area contributed by atoms with Gasteiger partial charge in [0.2, 0.25) is 0 Å². The zero-order chi connectivity index (χ0) is 13.1. The van der Waals surface area contributed by atoms with Gasteiger partial charge in [0.1, 0.15) is 0 Å². The quantitative estimate of drug-likeness (QED) is 0.825. The summed E-state index contributed by atoms with van der Waals surface area (Å²) in [5, 5.41) is 3.85. The first-order valence-electron chi connectivity index (χ1n) is 7.44. The summed E-state index contributed by atoms with van der Waals surface area (Å²) in [6, 6.07) is 5.81. The van der Waals surface area contributed by atoms with Crippen molar-refractivity contribution >= 4 is 11.3 Å². The summed E-state index contributed by atoms with van der Waals surface area (Å²) in [5.41, 5.74) is 0. The van der Waals surface area contributed by atoms with Crippen LogP contribution in [0, 0.1) is 11.8 Å². The minimum atomic E-state index is 0.510. The molecule has 1 aliphatic rings. The molecule has 0 amide bonds. The summed E-state index contributed by atoms with van der Waals surface area (Å²) >= 11 is 1.97. The SMILES string of the molecule is CCc1ccc(C(C)NC2CCC(C)CC2C)s1. The van der Waals surface area contributed by atoms with Crippen LogP contribution in [0.1, 0.15) is 62.8 Å². The number of rotatable bonds is 4. The van der Waals surface area contributed by atoms with E-state index in [0.29, 0.717) is 12.1 Å². The molecule has 0 aromatic carbocycles. The Bertz CT molecular complexity index is 371. The molecule has 1 nitrogen and oxygen atoms in total. The smallest absolute Gasteiger partial charge is 0.0388 e. The fourth-order valence-electron chi connectivity index (χ4n) is 3.13. The molecular weight excluding hydrogens is 238 g/mol. The van der Waals surface area contributed by atoms with Gasteiger partial charge in [-0.25, -0.2) is 0 Å². The Morgan fingerprint density at radius 1 is 1.33 bits per heavy atom. The average Bonchev–Trinajstić information content (AvgIpc) is 2.81. The van der Waals surface area contributed by atoms with Crippen LogP contribution in [-0.2, 0) is 6.42 Å². The highest BCUT2D eigenvalue weighted by Gasteiger charge is 2.26. The minimum absolute atomic E-state index is 0.510. The van der Waals surface area contributed by atoms with Gasteiger partial charge in [-0.2, -0.15) is 0 Å². The van der Waals surface area contributed by atoms with Gasteiger partial charge in [0, 0.05) is 21.8 Å². The van der Waals surface area contributed by atoms with Crippen LogP contribution < -0.4 is 5.32 Å². The number of aryl methyl sites for hydroxylation is 1. The monoisotopic (exact) mass is 265 g/mol. The molecule has 0 radical (unpaired) electrons. The molecule has 1 heterocycles. The topological polar surface area (TPSA) is 12.0 Å². The molecule has 2 rings (SSSR count). The third kappa shape index (κ3) is 3.36. The van der Waals surface area contributed by atoms with Gasteiger partial charge in [0.05, 0.1) is 0 Å². The molecule has 1 aromatic heterocycles. The van der Waals surface area contributed by atoms with Crippen molar-refractivity contribution in [3.05, 3.63) is 21.9 Å². The highest BCUT2D eigenvalue weighted by molar-refractivity contribution is 7.12. The summed E-state index contributed by atoms with van der Waals surface area (Å²) in [4.78, 5) is 3.00. The first kappa shape index (κ1) is 14.1. The minimum Gasteiger partial charge on any atom is -0.306 e. The molecule has 1 aliphatic carbocycles. The molecule has 4 atom stereocenters. The van der Waals surface area contributed by atoms with Gasteiger partial charge in [-0.05, 0) is 56.6 Å². The van der Waals surface area contributed by atoms with Crippen molar-refractivity contribution in [2.45, 2.75) is 65.5 Å². The van der Waals surface area contributed by atoms with Gasteiger partial charge in [0.15, 0.2) is 0 Å². The molecule has 18 heavy (non-hydrogen) atoms. The van der Waals surface area contributed by atoms with E-state index in [2.05, 4.69) is 45.1 Å². The van der Waals surface area contributed by atoms with Crippen LogP contribution in [0.15, 0.2) is 12.1 Å². The van der Waals surface area contributed by atoms with Gasteiger partial charge in [-0.15, -0.1) is 11.3 Å². The number of hydrogen-bond donors (Lipinski definition) is 1. The van der Waals surface area contributed by atoms with Gasteiger partial charge in [-0.1, -0.05) is 20.8 Å². The summed E-state index contributed by atoms with van der Waals surface area (Å²) < 4.78 is 0. The normalized spacial score (nSPS) is 30.3. The Morgan fingerprint density at radius 3 is 2.72 bits per heavy atom. The molecule has 0 saturated heterocycles. The predicted molar refractivity (Wildman–Crippen MR) is 81.2 cm³/mol. The Morgan fingerprint density at radius 2 is 2.11 bits per heavy atom. The summed E-state index contributed by atoms with van der Waals surface area (Å²) in [6.45, 7) is 9.35. The van der Waals surface area contributed by atoms with Crippen molar-refractivity contribution in [3.63, 3.8) is 0 Å². The zero-order valence-electron chi connectivity index (χ0n) is 12.2. The van der Waals surface area contributed by atoms with Gasteiger partial charge < -0.3 is 5.32 Å². The lowest BCUT2D eigenvalue weighted by Gasteiger charge is -2.35. The molecule has 2 heteroatoms. The van der Waals surface area contributed by atoms with Crippen LogP contribution >= 0.6 is 11.3 Å². The Labute approximate surface area is 116 Å². The summed E-state index contributed by atoms with van der Waals surface area (Å²) in [7, 11) is 0. The number of thiophene rings is 1. The molecular formula is C16H27NS. The standard InChI is InChI=1S/C16H27NS/c1-5-14-7-9-16(18-14)13(4)17-15-8-6-11(2)10-12(15)3/h7,9,11-13,15,17H,5-6,8,10H2,1-4H3. The van der Waals surface area contributed by atoms with Crippen molar-refractivity contribution in [2.24, 2.45) is 11.8 Å². The highest BCUT2D eigenvalue weighted by Crippen LogP contribution is 2.31. The third-order valence-corrected chi connectivity index (χ3v) is 5.77. The lowest BCUT2D eigenvalue weighted by Crippen LogP contribution is -2.40. The Hall–Kier alpha value is -0.340. The largest absolute Gasteiger partial charge is 0.306 e. The van der Waals surface area contributed by atoms with E-state index in [4.69, 9.17) is 0 Å². The van der Waals surface area contributed by atoms with Gasteiger partial charge in [0.25, 0.3) is 0 Å². The van der Waals surface area contributed by atoms with Crippen molar-refractivity contribution in [1.29, 1.82) is 0 Å². The number of hydrogen-bond acceptors (Lipinski definition) is 2. The van der Waals surface area contributed by atoms with Crippen LogP contribution in [0.4, 0.5) is 0 Å². The summed E-state index contributed by atoms with van der Waals surface area (Å²) in [5.74, 6) is 1.74. The highest BCUT2D eigenvalue weighted by atomic mass is 32.1. The van der Waals surface area contributed by atoms with Crippen molar-refractivity contribution in [1.82, 2.24) is 5.32 Å². The molecule has 1 saturated carbocycles. The second kappa shape index (κ2) is 6.21. The van der Waals surface area contributed by atoms with Crippen LogP contribution in [0.3, 0.4) is 0 Å².